The number of hydrogen-bond acceptors (Lipinski definition) is 4. The molecule has 0 radical (unpaired) electrons. The molecule has 5 heteroatoms. The zero-order valence-electron chi connectivity index (χ0n) is 10.5. The van der Waals surface area contributed by atoms with Crippen molar-refractivity contribution in [2.45, 2.75) is 0 Å². The maximum absolute atomic E-state index is 9.23. The van der Waals surface area contributed by atoms with E-state index in [2.05, 4.69) is 10.3 Å². The fourth-order valence-corrected chi connectivity index (χ4v) is 2.48. The van der Waals surface area contributed by atoms with E-state index in [0.717, 1.165) is 22.1 Å². The number of anilines is 2. The Balaban J connectivity index is 0.00000147. The molecule has 0 saturated carbocycles. The van der Waals surface area contributed by atoms with Crippen molar-refractivity contribution in [3.8, 4) is 17.0 Å². The molecule has 3 aromatic rings. The van der Waals surface area contributed by atoms with Gasteiger partial charge in [0.05, 0.1) is 5.69 Å². The topological polar surface area (TPSA) is 45.1 Å². The smallest absolute Gasteiger partial charge is 0.187 e. The van der Waals surface area contributed by atoms with Crippen LogP contribution in [0, 0.1) is 0 Å². The van der Waals surface area contributed by atoms with Crippen molar-refractivity contribution < 1.29 is 5.11 Å². The maximum atomic E-state index is 9.23. The van der Waals surface area contributed by atoms with Gasteiger partial charge < -0.3 is 10.4 Å². The quantitative estimate of drug-likeness (QED) is 0.665. The number of hydrogen-bond donors (Lipinski definition) is 2. The van der Waals surface area contributed by atoms with Gasteiger partial charge in [-0.05, 0) is 24.3 Å². The van der Waals surface area contributed by atoms with E-state index >= 15 is 0 Å². The summed E-state index contributed by atoms with van der Waals surface area (Å²) in [5, 5.41) is 15.3. The Morgan fingerprint density at radius 3 is 2.35 bits per heavy atom. The molecule has 0 bridgehead atoms. The Hall–Kier alpha value is -1.85. The average Bonchev–Trinajstić information content (AvgIpc) is 2.91. The van der Waals surface area contributed by atoms with Crippen molar-refractivity contribution in [1.29, 1.82) is 0 Å². The first-order valence-corrected chi connectivity index (χ1v) is 6.76. The van der Waals surface area contributed by atoms with Crippen LogP contribution in [0.15, 0.2) is 60.0 Å². The van der Waals surface area contributed by atoms with Crippen LogP contribution in [0.3, 0.4) is 0 Å². The molecule has 2 N–H and O–H groups in total. The van der Waals surface area contributed by atoms with Gasteiger partial charge >= 0.3 is 0 Å². The number of aromatic hydroxyl groups is 1. The average molecular weight is 349 g/mol. The van der Waals surface area contributed by atoms with Crippen molar-refractivity contribution in [2.75, 3.05) is 5.32 Å². The zero-order chi connectivity index (χ0) is 13.1. The van der Waals surface area contributed by atoms with Gasteiger partial charge in [0.2, 0.25) is 0 Å². The third kappa shape index (κ3) is 3.37. The summed E-state index contributed by atoms with van der Waals surface area (Å²) < 4.78 is 0. The Bertz CT molecular complexity index is 668. The van der Waals surface area contributed by atoms with Crippen LogP contribution in [0.2, 0.25) is 0 Å². The van der Waals surface area contributed by atoms with E-state index in [0.29, 0.717) is 0 Å². The molecule has 102 valence electrons. The van der Waals surface area contributed by atoms with E-state index in [1.165, 1.54) is 0 Å². The van der Waals surface area contributed by atoms with Gasteiger partial charge in [0.25, 0.3) is 0 Å². The molecule has 3 nitrogen and oxygen atoms in total. The molecule has 2 aromatic carbocycles. The largest absolute Gasteiger partial charge is 0.508 e. The first kappa shape index (κ1) is 14.6. The van der Waals surface area contributed by atoms with Gasteiger partial charge in [-0.2, -0.15) is 0 Å². The third-order valence-electron chi connectivity index (χ3n) is 2.69. The fourth-order valence-electron chi connectivity index (χ4n) is 1.74. The van der Waals surface area contributed by atoms with Crippen LogP contribution in [0.5, 0.6) is 5.75 Å². The maximum Gasteiger partial charge on any atom is 0.187 e. The summed E-state index contributed by atoms with van der Waals surface area (Å²) in [5.41, 5.74) is 2.98. The van der Waals surface area contributed by atoms with Crippen molar-refractivity contribution in [2.24, 2.45) is 0 Å². The SMILES string of the molecule is Br.Oc1ccc(Nc2nc(-c3ccccc3)cs2)cc1. The highest BCUT2D eigenvalue weighted by Crippen LogP contribution is 2.27. The summed E-state index contributed by atoms with van der Waals surface area (Å²) in [5.74, 6) is 0.259. The monoisotopic (exact) mass is 348 g/mol. The number of halogens is 1. The predicted octanol–water partition coefficient (Wildman–Crippen LogP) is 4.84. The number of benzene rings is 2. The van der Waals surface area contributed by atoms with Crippen LogP contribution in [0.1, 0.15) is 0 Å². The van der Waals surface area contributed by atoms with E-state index in [9.17, 15) is 5.11 Å². The third-order valence-corrected chi connectivity index (χ3v) is 3.45. The van der Waals surface area contributed by atoms with Gasteiger partial charge in [-0.25, -0.2) is 4.98 Å². The second-order valence-corrected chi connectivity index (χ2v) is 4.93. The highest BCUT2D eigenvalue weighted by molar-refractivity contribution is 8.93. The molecule has 0 saturated heterocycles. The van der Waals surface area contributed by atoms with Crippen LogP contribution < -0.4 is 5.32 Å². The van der Waals surface area contributed by atoms with Gasteiger partial charge in [0, 0.05) is 16.6 Å². The van der Waals surface area contributed by atoms with Gasteiger partial charge in [0.15, 0.2) is 5.13 Å². The minimum atomic E-state index is 0. The highest BCUT2D eigenvalue weighted by Gasteiger charge is 2.04. The lowest BCUT2D eigenvalue weighted by Crippen LogP contribution is -1.88. The number of thiazole rings is 1. The fraction of sp³-hybridized carbons (Fsp3) is 0. The minimum Gasteiger partial charge on any atom is -0.508 e. The van der Waals surface area contributed by atoms with Crippen LogP contribution in [0.25, 0.3) is 11.3 Å². The predicted molar refractivity (Wildman–Crippen MR) is 89.3 cm³/mol. The van der Waals surface area contributed by atoms with Crippen LogP contribution >= 0.6 is 28.3 Å². The summed E-state index contributed by atoms with van der Waals surface area (Å²) >= 11 is 1.56. The van der Waals surface area contributed by atoms with Crippen molar-refractivity contribution >= 4 is 39.1 Å². The number of phenols is 1. The van der Waals surface area contributed by atoms with Gasteiger partial charge in [-0.15, -0.1) is 28.3 Å². The van der Waals surface area contributed by atoms with Crippen LogP contribution in [-0.2, 0) is 0 Å². The molecule has 0 aliphatic rings. The van der Waals surface area contributed by atoms with E-state index in [1.54, 1.807) is 23.5 Å². The number of phenolic OH excluding ortho intramolecular Hbond substituents is 1. The molecule has 0 unspecified atom stereocenters. The molecular formula is C15H13BrN2OS. The number of aromatic nitrogens is 1. The first-order chi connectivity index (χ1) is 9.31. The lowest BCUT2D eigenvalue weighted by molar-refractivity contribution is 0.475. The van der Waals surface area contributed by atoms with E-state index in [-0.39, 0.29) is 22.7 Å². The van der Waals surface area contributed by atoms with E-state index < -0.39 is 0 Å². The molecule has 0 spiro atoms. The van der Waals surface area contributed by atoms with Gasteiger partial charge in [-0.3, -0.25) is 0 Å². The van der Waals surface area contributed by atoms with Crippen molar-refractivity contribution in [3.05, 3.63) is 60.0 Å². The Labute approximate surface area is 131 Å². The van der Waals surface area contributed by atoms with Gasteiger partial charge in [0.1, 0.15) is 5.75 Å². The molecule has 0 fully saturated rings. The molecule has 0 aliphatic carbocycles. The van der Waals surface area contributed by atoms with E-state index in [1.807, 2.05) is 47.8 Å². The van der Waals surface area contributed by atoms with Crippen molar-refractivity contribution in [3.63, 3.8) is 0 Å². The summed E-state index contributed by atoms with van der Waals surface area (Å²) in [6.45, 7) is 0. The number of nitrogens with one attached hydrogen (secondary N) is 1. The summed E-state index contributed by atoms with van der Waals surface area (Å²) in [4.78, 5) is 4.54. The molecule has 3 rings (SSSR count). The lowest BCUT2D eigenvalue weighted by atomic mass is 10.2. The van der Waals surface area contributed by atoms with Gasteiger partial charge in [-0.1, -0.05) is 30.3 Å². The summed E-state index contributed by atoms with van der Waals surface area (Å²) in [6.07, 6.45) is 0. The summed E-state index contributed by atoms with van der Waals surface area (Å²) in [7, 11) is 0. The molecule has 0 aliphatic heterocycles. The number of rotatable bonds is 3. The molecule has 20 heavy (non-hydrogen) atoms. The zero-order valence-corrected chi connectivity index (χ0v) is 13.0. The number of nitrogens with zero attached hydrogens (tertiary/aromatic N) is 1. The minimum absolute atomic E-state index is 0. The molecule has 1 aromatic heterocycles. The highest BCUT2D eigenvalue weighted by atomic mass is 79.9. The van der Waals surface area contributed by atoms with E-state index in [4.69, 9.17) is 0 Å². The molecule has 0 atom stereocenters. The summed E-state index contributed by atoms with van der Waals surface area (Å²) in [6, 6.07) is 17.0. The molecule has 0 amide bonds. The Morgan fingerprint density at radius 2 is 1.65 bits per heavy atom. The Morgan fingerprint density at radius 1 is 0.950 bits per heavy atom. The van der Waals surface area contributed by atoms with Crippen molar-refractivity contribution in [1.82, 2.24) is 4.98 Å². The van der Waals surface area contributed by atoms with Crippen LogP contribution in [0.4, 0.5) is 10.8 Å². The lowest BCUT2D eigenvalue weighted by Gasteiger charge is -2.01. The Kier molecular flexibility index (Phi) is 4.76. The first-order valence-electron chi connectivity index (χ1n) is 5.88. The second-order valence-electron chi connectivity index (χ2n) is 4.08. The molecular weight excluding hydrogens is 336 g/mol. The van der Waals surface area contributed by atoms with Crippen LogP contribution in [-0.4, -0.2) is 10.1 Å². The molecule has 1 heterocycles. The standard InChI is InChI=1S/C15H12N2OS.BrH/c18-13-8-6-12(7-9-13)16-15-17-14(10-19-15)11-4-2-1-3-5-11;/h1-10,18H,(H,16,17);1H. The normalized spacial score (nSPS) is 9.80. The second kappa shape index (κ2) is 6.54.